The van der Waals surface area contributed by atoms with Crippen LogP contribution in [0.15, 0.2) is 11.6 Å². The van der Waals surface area contributed by atoms with Gasteiger partial charge in [-0.3, -0.25) is 9.59 Å². The monoisotopic (exact) mass is 294 g/mol. The van der Waals surface area contributed by atoms with E-state index in [-0.39, 0.29) is 17.9 Å². The minimum atomic E-state index is -0.238. The molecule has 3 aliphatic rings. The topological polar surface area (TPSA) is 49.4 Å². The minimum absolute atomic E-state index is 0.0420. The standard InChI is InChI=1S/C15H22N2O2S/c18-14(10-11-5-8-20-9-6-11)17-7-1-2-13(17)15(19)16-12-3-4-12/h10,12-13H,1-9H2,(H,16,19). The van der Waals surface area contributed by atoms with Gasteiger partial charge in [-0.25, -0.2) is 0 Å². The van der Waals surface area contributed by atoms with Crippen molar-refractivity contribution in [3.05, 3.63) is 11.6 Å². The van der Waals surface area contributed by atoms with Crippen molar-refractivity contribution >= 4 is 23.6 Å². The second kappa shape index (κ2) is 6.20. The van der Waals surface area contributed by atoms with Crippen molar-refractivity contribution < 1.29 is 9.59 Å². The molecule has 20 heavy (non-hydrogen) atoms. The van der Waals surface area contributed by atoms with Crippen molar-refractivity contribution in [2.45, 2.75) is 50.6 Å². The molecule has 5 heteroatoms. The van der Waals surface area contributed by atoms with E-state index in [2.05, 4.69) is 5.32 Å². The molecule has 0 bridgehead atoms. The Hall–Kier alpha value is -0.970. The van der Waals surface area contributed by atoms with E-state index < -0.39 is 0 Å². The third-order valence-corrected chi connectivity index (χ3v) is 5.21. The quantitative estimate of drug-likeness (QED) is 0.806. The summed E-state index contributed by atoms with van der Waals surface area (Å²) >= 11 is 1.95. The molecule has 1 saturated carbocycles. The van der Waals surface area contributed by atoms with Crippen LogP contribution < -0.4 is 5.32 Å². The maximum atomic E-state index is 12.4. The molecule has 0 aromatic heterocycles. The number of rotatable bonds is 3. The van der Waals surface area contributed by atoms with Crippen LogP contribution in [0.5, 0.6) is 0 Å². The van der Waals surface area contributed by atoms with Gasteiger partial charge in [0, 0.05) is 18.7 Å². The summed E-state index contributed by atoms with van der Waals surface area (Å²) in [5.74, 6) is 2.33. The van der Waals surface area contributed by atoms with Gasteiger partial charge in [0.25, 0.3) is 0 Å². The first-order valence-corrected chi connectivity index (χ1v) is 8.77. The number of nitrogens with zero attached hydrogens (tertiary/aromatic N) is 1. The summed E-state index contributed by atoms with van der Waals surface area (Å²) in [6, 6.07) is 0.131. The van der Waals surface area contributed by atoms with Crippen molar-refractivity contribution in [2.24, 2.45) is 0 Å². The molecule has 1 aliphatic carbocycles. The Labute approximate surface area is 124 Å². The summed E-state index contributed by atoms with van der Waals surface area (Å²) in [5.41, 5.74) is 1.25. The Morgan fingerprint density at radius 3 is 2.65 bits per heavy atom. The van der Waals surface area contributed by atoms with Crippen molar-refractivity contribution in [1.82, 2.24) is 10.2 Å². The maximum Gasteiger partial charge on any atom is 0.247 e. The number of hydrogen-bond acceptors (Lipinski definition) is 3. The SMILES string of the molecule is O=C(NC1CC1)C1CCCN1C(=O)C=C1CCSCC1. The maximum absolute atomic E-state index is 12.4. The molecule has 0 spiro atoms. The molecule has 110 valence electrons. The Morgan fingerprint density at radius 1 is 1.20 bits per heavy atom. The van der Waals surface area contributed by atoms with Gasteiger partial charge in [0.1, 0.15) is 6.04 Å². The number of allylic oxidation sites excluding steroid dienone is 1. The molecular weight excluding hydrogens is 272 g/mol. The highest BCUT2D eigenvalue weighted by molar-refractivity contribution is 7.99. The Kier molecular flexibility index (Phi) is 4.34. The van der Waals surface area contributed by atoms with Gasteiger partial charge < -0.3 is 10.2 Å². The van der Waals surface area contributed by atoms with E-state index in [1.165, 1.54) is 5.57 Å². The zero-order chi connectivity index (χ0) is 13.9. The van der Waals surface area contributed by atoms with Gasteiger partial charge in [0.2, 0.25) is 11.8 Å². The highest BCUT2D eigenvalue weighted by Gasteiger charge is 2.35. The molecule has 2 heterocycles. The molecule has 4 nitrogen and oxygen atoms in total. The second-order valence-corrected chi connectivity index (χ2v) is 7.11. The van der Waals surface area contributed by atoms with Crippen LogP contribution in [0.1, 0.15) is 38.5 Å². The van der Waals surface area contributed by atoms with Gasteiger partial charge in [0.05, 0.1) is 0 Å². The summed E-state index contributed by atoms with van der Waals surface area (Å²) in [7, 11) is 0. The molecule has 1 unspecified atom stereocenters. The summed E-state index contributed by atoms with van der Waals surface area (Å²) < 4.78 is 0. The third kappa shape index (κ3) is 3.37. The predicted molar refractivity (Wildman–Crippen MR) is 80.5 cm³/mol. The molecule has 2 saturated heterocycles. The van der Waals surface area contributed by atoms with E-state index in [4.69, 9.17) is 0 Å². The van der Waals surface area contributed by atoms with Crippen LogP contribution in [0.4, 0.5) is 0 Å². The fraction of sp³-hybridized carbons (Fsp3) is 0.733. The van der Waals surface area contributed by atoms with Crippen LogP contribution in [0.25, 0.3) is 0 Å². The largest absolute Gasteiger partial charge is 0.352 e. The van der Waals surface area contributed by atoms with E-state index in [1.807, 2.05) is 11.8 Å². The Bertz CT molecular complexity index is 424. The van der Waals surface area contributed by atoms with Crippen LogP contribution in [0.2, 0.25) is 0 Å². The first-order chi connectivity index (χ1) is 9.74. The van der Waals surface area contributed by atoms with E-state index >= 15 is 0 Å². The van der Waals surface area contributed by atoms with Crippen molar-refractivity contribution in [3.8, 4) is 0 Å². The van der Waals surface area contributed by atoms with Crippen molar-refractivity contribution in [2.75, 3.05) is 18.1 Å². The summed E-state index contributed by atoms with van der Waals surface area (Å²) in [5, 5.41) is 3.03. The minimum Gasteiger partial charge on any atom is -0.352 e. The molecule has 0 aromatic rings. The van der Waals surface area contributed by atoms with Crippen LogP contribution in [-0.4, -0.2) is 46.8 Å². The number of carbonyl (C=O) groups is 2. The van der Waals surface area contributed by atoms with Crippen LogP contribution in [0, 0.1) is 0 Å². The van der Waals surface area contributed by atoms with Gasteiger partial charge >= 0.3 is 0 Å². The zero-order valence-corrected chi connectivity index (χ0v) is 12.6. The third-order valence-electron chi connectivity index (χ3n) is 4.22. The lowest BCUT2D eigenvalue weighted by Crippen LogP contribution is -2.46. The van der Waals surface area contributed by atoms with Crippen LogP contribution in [0.3, 0.4) is 0 Å². The second-order valence-electron chi connectivity index (χ2n) is 5.89. The molecular formula is C15H22N2O2S. The lowest BCUT2D eigenvalue weighted by molar-refractivity contribution is -0.135. The van der Waals surface area contributed by atoms with Crippen LogP contribution >= 0.6 is 11.8 Å². The Balaban J connectivity index is 1.61. The number of carbonyl (C=O) groups excluding carboxylic acids is 2. The summed E-state index contributed by atoms with van der Waals surface area (Å²) in [4.78, 5) is 26.3. The average molecular weight is 294 g/mol. The van der Waals surface area contributed by atoms with Gasteiger partial charge in [-0.05, 0) is 50.0 Å². The smallest absolute Gasteiger partial charge is 0.247 e. The molecule has 3 rings (SSSR count). The van der Waals surface area contributed by atoms with Gasteiger partial charge in [-0.2, -0.15) is 11.8 Å². The molecule has 2 amide bonds. The number of likely N-dealkylation sites (tertiary alicyclic amines) is 1. The molecule has 2 aliphatic heterocycles. The highest BCUT2D eigenvalue weighted by Crippen LogP contribution is 2.25. The van der Waals surface area contributed by atoms with E-state index in [9.17, 15) is 9.59 Å². The number of nitrogens with one attached hydrogen (secondary N) is 1. The van der Waals surface area contributed by atoms with Crippen molar-refractivity contribution in [1.29, 1.82) is 0 Å². The van der Waals surface area contributed by atoms with Gasteiger partial charge in [-0.1, -0.05) is 5.57 Å². The highest BCUT2D eigenvalue weighted by atomic mass is 32.2. The normalized spacial score (nSPS) is 26.5. The van der Waals surface area contributed by atoms with Gasteiger partial charge in [0.15, 0.2) is 0 Å². The van der Waals surface area contributed by atoms with E-state index in [0.717, 1.165) is 56.6 Å². The first-order valence-electron chi connectivity index (χ1n) is 7.62. The lowest BCUT2D eigenvalue weighted by Gasteiger charge is -2.23. The molecule has 1 atom stereocenters. The summed E-state index contributed by atoms with van der Waals surface area (Å²) in [6.45, 7) is 0.722. The number of hydrogen-bond donors (Lipinski definition) is 1. The van der Waals surface area contributed by atoms with E-state index in [1.54, 1.807) is 11.0 Å². The molecule has 3 fully saturated rings. The summed E-state index contributed by atoms with van der Waals surface area (Å²) in [6.07, 6.45) is 7.76. The fourth-order valence-corrected chi connectivity index (χ4v) is 3.88. The first kappa shape index (κ1) is 14.0. The zero-order valence-electron chi connectivity index (χ0n) is 11.8. The average Bonchev–Trinajstić information content (AvgIpc) is 3.12. The van der Waals surface area contributed by atoms with E-state index in [0.29, 0.717) is 6.04 Å². The molecule has 0 aromatic carbocycles. The Morgan fingerprint density at radius 2 is 1.95 bits per heavy atom. The van der Waals surface area contributed by atoms with Gasteiger partial charge in [-0.15, -0.1) is 0 Å². The predicted octanol–water partition coefficient (Wildman–Crippen LogP) is 1.71. The molecule has 0 radical (unpaired) electrons. The van der Waals surface area contributed by atoms with Crippen molar-refractivity contribution in [3.63, 3.8) is 0 Å². The van der Waals surface area contributed by atoms with Crippen LogP contribution in [-0.2, 0) is 9.59 Å². The molecule has 1 N–H and O–H groups in total. The number of thioether (sulfide) groups is 1. The number of amides is 2. The lowest BCUT2D eigenvalue weighted by atomic mass is 10.1. The fourth-order valence-electron chi connectivity index (χ4n) is 2.86.